The maximum Gasteiger partial charge on any atom is 0.295 e. The lowest BCUT2D eigenvalue weighted by atomic mass is 10.1. The molecular weight excluding hydrogens is 426 g/mol. The van der Waals surface area contributed by atoms with Crippen LogP contribution in [0.25, 0.3) is 11.0 Å². The van der Waals surface area contributed by atoms with Crippen LogP contribution in [0.4, 0.5) is 8.78 Å². The lowest BCUT2D eigenvalue weighted by Crippen LogP contribution is -2.50. The Morgan fingerprint density at radius 2 is 1.77 bits per heavy atom. The number of rotatable bonds is 4. The predicted molar refractivity (Wildman–Crippen MR) is 112 cm³/mol. The standard InChI is InChI=1S/C21H22F2N4O3S/c1-13-3-4-14(2)18(11-13)31(29,30)27-9-7-26(8-10-27)21(28)15-5-6-16-17(12-15)25-20(24-16)19(22)23/h3-6,11-12,19H,7-10H2,1-2H3,(H,24,25). The van der Waals surface area contributed by atoms with Crippen molar-refractivity contribution in [2.45, 2.75) is 25.2 Å². The Labute approximate surface area is 178 Å². The van der Waals surface area contributed by atoms with Crippen molar-refractivity contribution in [2.75, 3.05) is 26.2 Å². The number of halogens is 2. The van der Waals surface area contributed by atoms with Crippen LogP contribution in [-0.4, -0.2) is 59.7 Å². The largest absolute Gasteiger partial charge is 0.337 e. The Hall–Kier alpha value is -2.85. The number of benzene rings is 2. The quantitative estimate of drug-likeness (QED) is 0.664. The van der Waals surface area contributed by atoms with Crippen LogP contribution in [0.1, 0.15) is 33.7 Å². The van der Waals surface area contributed by atoms with Gasteiger partial charge in [-0.3, -0.25) is 4.79 Å². The van der Waals surface area contributed by atoms with Crippen molar-refractivity contribution in [1.82, 2.24) is 19.2 Å². The van der Waals surface area contributed by atoms with Gasteiger partial charge in [0.05, 0.1) is 15.9 Å². The van der Waals surface area contributed by atoms with E-state index >= 15 is 0 Å². The highest BCUT2D eigenvalue weighted by molar-refractivity contribution is 7.89. The molecule has 4 rings (SSSR count). The molecule has 0 unspecified atom stereocenters. The van der Waals surface area contributed by atoms with Crippen molar-refractivity contribution >= 4 is 27.0 Å². The molecule has 0 atom stereocenters. The van der Waals surface area contributed by atoms with Crippen LogP contribution in [-0.2, 0) is 10.0 Å². The molecule has 0 aliphatic carbocycles. The first kappa shape index (κ1) is 21.4. The van der Waals surface area contributed by atoms with E-state index < -0.39 is 22.3 Å². The minimum absolute atomic E-state index is 0.184. The first-order valence-corrected chi connectivity index (χ1v) is 11.3. The summed E-state index contributed by atoms with van der Waals surface area (Å²) in [4.78, 5) is 21.1. The molecule has 164 valence electrons. The molecule has 1 fully saturated rings. The molecule has 0 radical (unpaired) electrons. The number of H-pyrrole nitrogens is 1. The molecule has 1 aliphatic heterocycles. The molecule has 1 aliphatic rings. The van der Waals surface area contributed by atoms with E-state index in [4.69, 9.17) is 0 Å². The van der Waals surface area contributed by atoms with Crippen molar-refractivity contribution in [3.8, 4) is 0 Å². The van der Waals surface area contributed by atoms with Crippen LogP contribution in [0.2, 0.25) is 0 Å². The zero-order valence-electron chi connectivity index (χ0n) is 17.1. The Morgan fingerprint density at radius 3 is 2.45 bits per heavy atom. The van der Waals surface area contributed by atoms with E-state index in [1.165, 1.54) is 16.4 Å². The maximum absolute atomic E-state index is 13.1. The summed E-state index contributed by atoms with van der Waals surface area (Å²) in [5.41, 5.74) is 2.60. The second-order valence-electron chi connectivity index (χ2n) is 7.62. The highest BCUT2D eigenvalue weighted by Crippen LogP contribution is 2.24. The molecule has 0 saturated carbocycles. The first-order chi connectivity index (χ1) is 14.7. The number of nitrogens with one attached hydrogen (secondary N) is 1. The molecule has 31 heavy (non-hydrogen) atoms. The van der Waals surface area contributed by atoms with E-state index in [0.29, 0.717) is 22.2 Å². The fraction of sp³-hybridized carbons (Fsp3) is 0.333. The third-order valence-corrected chi connectivity index (χ3v) is 7.48. The minimum atomic E-state index is -3.65. The Balaban J connectivity index is 1.49. The van der Waals surface area contributed by atoms with Crippen LogP contribution >= 0.6 is 0 Å². The number of nitrogens with zero attached hydrogens (tertiary/aromatic N) is 3. The van der Waals surface area contributed by atoms with E-state index in [-0.39, 0.29) is 37.0 Å². The average Bonchev–Trinajstić information content (AvgIpc) is 3.19. The summed E-state index contributed by atoms with van der Waals surface area (Å²) in [7, 11) is -3.65. The molecule has 1 amide bonds. The third-order valence-electron chi connectivity index (χ3n) is 5.44. The molecule has 1 aromatic heterocycles. The fourth-order valence-electron chi connectivity index (χ4n) is 3.70. The summed E-state index contributed by atoms with van der Waals surface area (Å²) < 4.78 is 53.2. The van der Waals surface area contributed by atoms with Gasteiger partial charge in [-0.1, -0.05) is 12.1 Å². The van der Waals surface area contributed by atoms with E-state index in [2.05, 4.69) is 9.97 Å². The molecule has 0 bridgehead atoms. The highest BCUT2D eigenvalue weighted by atomic mass is 32.2. The SMILES string of the molecule is Cc1ccc(C)c(S(=O)(=O)N2CCN(C(=O)c3ccc4nc(C(F)F)[nH]c4c3)CC2)c1. The average molecular weight is 448 g/mol. The number of fused-ring (bicyclic) bond motifs is 1. The van der Waals surface area contributed by atoms with Gasteiger partial charge in [0.1, 0.15) is 0 Å². The smallest absolute Gasteiger partial charge is 0.295 e. The zero-order valence-corrected chi connectivity index (χ0v) is 17.9. The number of aryl methyl sites for hydroxylation is 2. The number of sulfonamides is 1. The molecule has 2 heterocycles. The third kappa shape index (κ3) is 4.05. The number of alkyl halides is 2. The molecule has 7 nitrogen and oxygen atoms in total. The molecule has 1 N–H and O–H groups in total. The van der Waals surface area contributed by atoms with Gasteiger partial charge in [-0.2, -0.15) is 4.31 Å². The van der Waals surface area contributed by atoms with E-state index in [1.807, 2.05) is 13.0 Å². The van der Waals surface area contributed by atoms with Crippen molar-refractivity contribution in [3.05, 3.63) is 58.9 Å². The monoisotopic (exact) mass is 448 g/mol. The number of aromatic amines is 1. The van der Waals surface area contributed by atoms with Gasteiger partial charge in [0.2, 0.25) is 10.0 Å². The van der Waals surface area contributed by atoms with Crippen LogP contribution in [0.3, 0.4) is 0 Å². The topological polar surface area (TPSA) is 86.4 Å². The number of hydrogen-bond acceptors (Lipinski definition) is 4. The Bertz CT molecular complexity index is 1250. The normalized spacial score (nSPS) is 15.7. The summed E-state index contributed by atoms with van der Waals surface area (Å²) in [6.07, 6.45) is -2.72. The van der Waals surface area contributed by atoms with E-state index in [0.717, 1.165) is 5.56 Å². The molecule has 1 saturated heterocycles. The Kier molecular flexibility index (Phi) is 5.52. The van der Waals surface area contributed by atoms with E-state index in [9.17, 15) is 22.0 Å². The molecule has 2 aromatic carbocycles. The second kappa shape index (κ2) is 8.01. The highest BCUT2D eigenvalue weighted by Gasteiger charge is 2.31. The van der Waals surface area contributed by atoms with Gasteiger partial charge in [-0.25, -0.2) is 22.2 Å². The molecular formula is C21H22F2N4O3S. The lowest BCUT2D eigenvalue weighted by molar-refractivity contribution is 0.0698. The van der Waals surface area contributed by atoms with Gasteiger partial charge in [0.15, 0.2) is 5.82 Å². The summed E-state index contributed by atoms with van der Waals surface area (Å²) >= 11 is 0. The van der Waals surface area contributed by atoms with Gasteiger partial charge >= 0.3 is 0 Å². The molecule has 0 spiro atoms. The number of piperazine rings is 1. The number of carbonyl (C=O) groups excluding carboxylic acids is 1. The van der Waals surface area contributed by atoms with Gasteiger partial charge in [-0.05, 0) is 49.2 Å². The van der Waals surface area contributed by atoms with Gasteiger partial charge in [0.25, 0.3) is 12.3 Å². The minimum Gasteiger partial charge on any atom is -0.337 e. The van der Waals surface area contributed by atoms with Crippen molar-refractivity contribution in [2.24, 2.45) is 0 Å². The van der Waals surface area contributed by atoms with Crippen LogP contribution in [0.5, 0.6) is 0 Å². The predicted octanol–water partition coefficient (Wildman–Crippen LogP) is 3.26. The summed E-state index contributed by atoms with van der Waals surface area (Å²) in [6.45, 7) is 4.46. The summed E-state index contributed by atoms with van der Waals surface area (Å²) in [6, 6.07) is 9.87. The van der Waals surface area contributed by atoms with E-state index in [1.54, 1.807) is 30.0 Å². The van der Waals surface area contributed by atoms with Crippen LogP contribution in [0, 0.1) is 13.8 Å². The number of carbonyl (C=O) groups is 1. The molecule has 3 aromatic rings. The van der Waals surface area contributed by atoms with Gasteiger partial charge in [0, 0.05) is 31.7 Å². The van der Waals surface area contributed by atoms with Crippen LogP contribution < -0.4 is 0 Å². The van der Waals surface area contributed by atoms with Crippen molar-refractivity contribution in [1.29, 1.82) is 0 Å². The second-order valence-corrected chi connectivity index (χ2v) is 9.53. The fourth-order valence-corrected chi connectivity index (χ4v) is 5.44. The van der Waals surface area contributed by atoms with Crippen molar-refractivity contribution < 1.29 is 22.0 Å². The van der Waals surface area contributed by atoms with Crippen molar-refractivity contribution in [3.63, 3.8) is 0 Å². The first-order valence-electron chi connectivity index (χ1n) is 9.81. The zero-order chi connectivity index (χ0) is 22.3. The Morgan fingerprint density at radius 1 is 1.06 bits per heavy atom. The molecule has 10 heteroatoms. The number of hydrogen-bond donors (Lipinski definition) is 1. The van der Waals surface area contributed by atoms with Gasteiger partial charge in [-0.15, -0.1) is 0 Å². The number of imidazole rings is 1. The number of amides is 1. The lowest BCUT2D eigenvalue weighted by Gasteiger charge is -2.34. The number of aromatic nitrogens is 2. The van der Waals surface area contributed by atoms with Gasteiger partial charge < -0.3 is 9.88 Å². The van der Waals surface area contributed by atoms with Crippen LogP contribution in [0.15, 0.2) is 41.3 Å². The summed E-state index contributed by atoms with van der Waals surface area (Å²) in [5.74, 6) is -0.719. The summed E-state index contributed by atoms with van der Waals surface area (Å²) in [5, 5.41) is 0. The maximum atomic E-state index is 13.1.